The molecule has 0 atom stereocenters. The third kappa shape index (κ3) is 5.01. The Morgan fingerprint density at radius 2 is 1.46 bits per heavy atom. The number of pyridine rings is 2. The zero-order valence-corrected chi connectivity index (χ0v) is 20.8. The van der Waals surface area contributed by atoms with Crippen molar-refractivity contribution in [2.24, 2.45) is 0 Å². The standard InChI is InChI=1S/C15H13N5OS.C10H11N5/c21-15(12-2-1-9-22-12)19-7-8-20-13(10-19)17-14(18-20)11-3-5-16-6-4-11;1-3-11-4-2-8(1)10-13-9-7-12-5-6-15(9)14-10/h1-6,9H,7-8,10H2;1-4,12H,5-7H2. The van der Waals surface area contributed by atoms with Crippen LogP contribution in [0.5, 0.6) is 0 Å². The van der Waals surface area contributed by atoms with Crippen LogP contribution in [-0.2, 0) is 26.2 Å². The Labute approximate surface area is 216 Å². The smallest absolute Gasteiger partial charge is 0.264 e. The minimum absolute atomic E-state index is 0.0645. The first kappa shape index (κ1) is 23.1. The third-order valence-corrected chi connectivity index (χ3v) is 6.95. The molecule has 12 heteroatoms. The number of aromatic nitrogens is 8. The van der Waals surface area contributed by atoms with E-state index in [0.717, 1.165) is 53.1 Å². The molecule has 7 rings (SSSR count). The van der Waals surface area contributed by atoms with Gasteiger partial charge in [0.2, 0.25) is 0 Å². The summed E-state index contributed by atoms with van der Waals surface area (Å²) in [7, 11) is 0. The Morgan fingerprint density at radius 3 is 2.08 bits per heavy atom. The van der Waals surface area contributed by atoms with Crippen molar-refractivity contribution in [3.8, 4) is 22.8 Å². The number of thiophene rings is 1. The van der Waals surface area contributed by atoms with Crippen molar-refractivity contribution in [3.05, 3.63) is 83.1 Å². The third-order valence-electron chi connectivity index (χ3n) is 6.09. The van der Waals surface area contributed by atoms with Crippen LogP contribution in [0.2, 0.25) is 0 Å². The molecule has 0 aliphatic carbocycles. The molecule has 0 radical (unpaired) electrons. The molecule has 1 amide bonds. The van der Waals surface area contributed by atoms with Gasteiger partial charge in [0.25, 0.3) is 5.91 Å². The van der Waals surface area contributed by atoms with Crippen LogP contribution in [0.15, 0.2) is 66.6 Å². The highest BCUT2D eigenvalue weighted by molar-refractivity contribution is 7.12. The van der Waals surface area contributed by atoms with Crippen molar-refractivity contribution >= 4 is 17.2 Å². The van der Waals surface area contributed by atoms with E-state index in [9.17, 15) is 4.79 Å². The molecule has 2 aliphatic rings. The zero-order chi connectivity index (χ0) is 25.0. The van der Waals surface area contributed by atoms with Gasteiger partial charge >= 0.3 is 0 Å². The lowest BCUT2D eigenvalue weighted by Gasteiger charge is -2.26. The molecule has 7 heterocycles. The topological polar surface area (TPSA) is 120 Å². The summed E-state index contributed by atoms with van der Waals surface area (Å²) in [5.41, 5.74) is 1.96. The summed E-state index contributed by atoms with van der Waals surface area (Å²) in [5.74, 6) is 3.37. The summed E-state index contributed by atoms with van der Waals surface area (Å²) in [4.78, 5) is 32.0. The molecule has 0 aromatic carbocycles. The van der Waals surface area contributed by atoms with Gasteiger partial charge in [0, 0.05) is 49.0 Å². The van der Waals surface area contributed by atoms with Gasteiger partial charge in [-0.2, -0.15) is 10.2 Å². The lowest BCUT2D eigenvalue weighted by molar-refractivity contribution is 0.0707. The average molecular weight is 513 g/mol. The number of fused-ring (bicyclic) bond motifs is 2. The minimum Gasteiger partial charge on any atom is -0.329 e. The molecule has 5 aromatic rings. The molecule has 0 saturated carbocycles. The summed E-state index contributed by atoms with van der Waals surface area (Å²) in [6.07, 6.45) is 6.96. The lowest BCUT2D eigenvalue weighted by Crippen LogP contribution is -2.38. The molecule has 0 spiro atoms. The Morgan fingerprint density at radius 1 is 0.811 bits per heavy atom. The first-order valence-corrected chi connectivity index (χ1v) is 12.8. The number of nitrogens with zero attached hydrogens (tertiary/aromatic N) is 9. The van der Waals surface area contributed by atoms with Crippen LogP contribution >= 0.6 is 11.3 Å². The van der Waals surface area contributed by atoms with Crippen molar-refractivity contribution < 1.29 is 4.79 Å². The molecule has 11 nitrogen and oxygen atoms in total. The highest BCUT2D eigenvalue weighted by Gasteiger charge is 2.25. The molecule has 2 aliphatic heterocycles. The minimum atomic E-state index is 0.0645. The van der Waals surface area contributed by atoms with Crippen LogP contribution in [0.4, 0.5) is 0 Å². The summed E-state index contributed by atoms with van der Waals surface area (Å²) < 4.78 is 3.85. The Hall–Kier alpha value is -4.29. The number of amides is 1. The van der Waals surface area contributed by atoms with E-state index in [1.165, 1.54) is 11.3 Å². The van der Waals surface area contributed by atoms with Gasteiger partial charge in [0.05, 0.1) is 31.1 Å². The number of carbonyl (C=O) groups is 1. The summed E-state index contributed by atoms with van der Waals surface area (Å²) in [5, 5.41) is 14.2. The number of rotatable bonds is 3. The monoisotopic (exact) mass is 512 g/mol. The summed E-state index contributed by atoms with van der Waals surface area (Å²) in [6.45, 7) is 4.49. The Balaban J connectivity index is 0.000000146. The quantitative estimate of drug-likeness (QED) is 0.392. The van der Waals surface area contributed by atoms with Crippen LogP contribution in [0, 0.1) is 0 Å². The molecule has 0 unspecified atom stereocenters. The van der Waals surface area contributed by atoms with E-state index in [1.54, 1.807) is 24.8 Å². The van der Waals surface area contributed by atoms with Crippen molar-refractivity contribution in [3.63, 3.8) is 0 Å². The van der Waals surface area contributed by atoms with E-state index < -0.39 is 0 Å². The number of hydrogen-bond donors (Lipinski definition) is 1. The summed E-state index contributed by atoms with van der Waals surface area (Å²) in [6, 6.07) is 11.4. The van der Waals surface area contributed by atoms with Gasteiger partial charge in [0.1, 0.15) is 11.6 Å². The fourth-order valence-electron chi connectivity index (χ4n) is 4.18. The van der Waals surface area contributed by atoms with Crippen LogP contribution < -0.4 is 5.32 Å². The predicted molar refractivity (Wildman–Crippen MR) is 137 cm³/mol. The van der Waals surface area contributed by atoms with E-state index in [2.05, 4.69) is 35.5 Å². The van der Waals surface area contributed by atoms with Gasteiger partial charge < -0.3 is 10.2 Å². The molecule has 1 N–H and O–H groups in total. The Bertz CT molecular complexity index is 1460. The van der Waals surface area contributed by atoms with E-state index in [4.69, 9.17) is 0 Å². The number of hydrogen-bond acceptors (Lipinski definition) is 9. The fraction of sp³-hybridized carbons (Fsp3) is 0.240. The predicted octanol–water partition coefficient (Wildman–Crippen LogP) is 2.50. The SMILES string of the molecule is O=C(c1cccs1)N1CCn2nc(-c3ccncc3)nc2C1.c1cc(-c2nc3n(n2)CCNC3)ccn1. The molecule has 186 valence electrons. The van der Waals surface area contributed by atoms with E-state index in [0.29, 0.717) is 25.5 Å². The zero-order valence-electron chi connectivity index (χ0n) is 19.9. The molecule has 5 aromatic heterocycles. The highest BCUT2D eigenvalue weighted by Crippen LogP contribution is 2.20. The van der Waals surface area contributed by atoms with Gasteiger partial charge in [-0.3, -0.25) is 14.8 Å². The maximum atomic E-state index is 12.4. The van der Waals surface area contributed by atoms with Crippen molar-refractivity contribution in [1.29, 1.82) is 0 Å². The summed E-state index contributed by atoms with van der Waals surface area (Å²) >= 11 is 1.47. The van der Waals surface area contributed by atoms with E-state index in [1.807, 2.05) is 56.0 Å². The van der Waals surface area contributed by atoms with Gasteiger partial charge in [-0.05, 0) is 35.7 Å². The first-order valence-electron chi connectivity index (χ1n) is 12.0. The van der Waals surface area contributed by atoms with Gasteiger partial charge in [-0.1, -0.05) is 6.07 Å². The fourth-order valence-corrected chi connectivity index (χ4v) is 4.87. The van der Waals surface area contributed by atoms with Gasteiger partial charge in [-0.25, -0.2) is 19.3 Å². The number of nitrogens with one attached hydrogen (secondary N) is 1. The second-order valence-corrected chi connectivity index (χ2v) is 9.45. The van der Waals surface area contributed by atoms with Crippen molar-refractivity contribution in [2.75, 3.05) is 13.1 Å². The van der Waals surface area contributed by atoms with E-state index >= 15 is 0 Å². The maximum Gasteiger partial charge on any atom is 0.264 e. The van der Waals surface area contributed by atoms with Gasteiger partial charge in [-0.15, -0.1) is 11.3 Å². The second kappa shape index (κ2) is 10.4. The van der Waals surface area contributed by atoms with Crippen molar-refractivity contribution in [1.82, 2.24) is 49.7 Å². The second-order valence-electron chi connectivity index (χ2n) is 8.50. The average Bonchev–Trinajstić information content (AvgIpc) is 3.73. The highest BCUT2D eigenvalue weighted by atomic mass is 32.1. The van der Waals surface area contributed by atoms with E-state index in [-0.39, 0.29) is 5.91 Å². The van der Waals surface area contributed by atoms with Crippen LogP contribution in [0.3, 0.4) is 0 Å². The maximum absolute atomic E-state index is 12.4. The van der Waals surface area contributed by atoms with Crippen molar-refractivity contribution in [2.45, 2.75) is 26.2 Å². The molecule has 0 fully saturated rings. The van der Waals surface area contributed by atoms with Crippen LogP contribution in [0.25, 0.3) is 22.8 Å². The Kier molecular flexibility index (Phi) is 6.48. The van der Waals surface area contributed by atoms with Crippen LogP contribution in [0.1, 0.15) is 21.3 Å². The molecular weight excluding hydrogens is 488 g/mol. The molecule has 37 heavy (non-hydrogen) atoms. The number of carbonyl (C=O) groups excluding carboxylic acids is 1. The van der Waals surface area contributed by atoms with Gasteiger partial charge in [0.15, 0.2) is 11.6 Å². The largest absolute Gasteiger partial charge is 0.329 e. The first-order chi connectivity index (χ1) is 18.2. The molecule has 0 bridgehead atoms. The lowest BCUT2D eigenvalue weighted by atomic mass is 10.2. The van der Waals surface area contributed by atoms with Crippen LogP contribution in [-0.4, -0.2) is 63.4 Å². The molecular formula is C25H24N10OS. The molecule has 0 saturated heterocycles. The normalized spacial score (nSPS) is 14.3.